The van der Waals surface area contributed by atoms with Crippen molar-refractivity contribution in [2.75, 3.05) is 6.61 Å². The van der Waals surface area contributed by atoms with Gasteiger partial charge in [0.2, 0.25) is 0 Å². The first-order chi connectivity index (χ1) is 4.41. The molecule has 1 atom stereocenters. The fourth-order valence-corrected chi connectivity index (χ4v) is 0.870. The molecular formula is C6H14CoO2P+3. The maximum Gasteiger partial charge on any atom is 2.00 e. The summed E-state index contributed by atoms with van der Waals surface area (Å²) in [5, 5.41) is 0. The minimum atomic E-state index is -0.580. The second-order valence-corrected chi connectivity index (χ2v) is 2.45. The van der Waals surface area contributed by atoms with Gasteiger partial charge in [-0.25, -0.2) is 0 Å². The third-order valence-corrected chi connectivity index (χ3v) is 1.48. The van der Waals surface area contributed by atoms with Gasteiger partial charge in [0.25, 0.3) is 0 Å². The second kappa shape index (κ2) is 12.3. The van der Waals surface area contributed by atoms with E-state index >= 15 is 0 Å². The SMILES string of the molecule is CCCCCCO[PH+]=O.[Co+2]. The van der Waals surface area contributed by atoms with Crippen molar-refractivity contribution in [2.45, 2.75) is 32.6 Å². The van der Waals surface area contributed by atoms with Gasteiger partial charge in [0.15, 0.2) is 0 Å². The van der Waals surface area contributed by atoms with Crippen LogP contribution in [-0.4, -0.2) is 6.61 Å². The average molecular weight is 208 g/mol. The Morgan fingerprint density at radius 2 is 2.00 bits per heavy atom. The smallest absolute Gasteiger partial charge is 0.148 e. The number of rotatable bonds is 6. The zero-order chi connectivity index (χ0) is 6.95. The maximum atomic E-state index is 9.77. The van der Waals surface area contributed by atoms with Gasteiger partial charge >= 0.3 is 25.5 Å². The summed E-state index contributed by atoms with van der Waals surface area (Å²) in [6.07, 6.45) is 4.73. The van der Waals surface area contributed by atoms with Gasteiger partial charge in [-0.3, -0.25) is 0 Å². The first kappa shape index (κ1) is 13.2. The minimum absolute atomic E-state index is 0. The predicted molar refractivity (Wildman–Crippen MR) is 39.1 cm³/mol. The molecule has 0 heterocycles. The molecule has 0 spiro atoms. The number of hydrogen-bond donors (Lipinski definition) is 0. The van der Waals surface area contributed by atoms with Crippen LogP contribution in [0.15, 0.2) is 0 Å². The summed E-state index contributed by atoms with van der Waals surface area (Å²) in [7, 11) is -0.580. The van der Waals surface area contributed by atoms with E-state index in [0.717, 1.165) is 6.42 Å². The van der Waals surface area contributed by atoms with E-state index in [4.69, 9.17) is 0 Å². The van der Waals surface area contributed by atoms with Crippen molar-refractivity contribution in [3.8, 4) is 0 Å². The molecule has 0 amide bonds. The first-order valence-corrected chi connectivity index (χ1v) is 4.22. The van der Waals surface area contributed by atoms with Gasteiger partial charge in [-0.2, -0.15) is 0 Å². The van der Waals surface area contributed by atoms with E-state index in [1.54, 1.807) is 0 Å². The summed E-state index contributed by atoms with van der Waals surface area (Å²) in [6.45, 7) is 2.82. The van der Waals surface area contributed by atoms with Crippen LogP contribution >= 0.6 is 8.69 Å². The Morgan fingerprint density at radius 1 is 1.30 bits per heavy atom. The van der Waals surface area contributed by atoms with E-state index in [2.05, 4.69) is 11.4 Å². The van der Waals surface area contributed by atoms with Gasteiger partial charge in [-0.1, -0.05) is 26.2 Å². The summed E-state index contributed by atoms with van der Waals surface area (Å²) in [5.41, 5.74) is 0. The van der Waals surface area contributed by atoms with Gasteiger partial charge < -0.3 is 0 Å². The van der Waals surface area contributed by atoms with Crippen LogP contribution in [0.5, 0.6) is 0 Å². The Hall–Kier alpha value is 0.566. The molecule has 1 radical (unpaired) electrons. The Bertz CT molecular complexity index is 70.8. The zero-order valence-electron chi connectivity index (χ0n) is 6.19. The van der Waals surface area contributed by atoms with Crippen LogP contribution in [0.1, 0.15) is 32.6 Å². The van der Waals surface area contributed by atoms with E-state index < -0.39 is 8.69 Å². The van der Waals surface area contributed by atoms with Gasteiger partial charge in [0.05, 0.1) is 0 Å². The summed E-state index contributed by atoms with van der Waals surface area (Å²) < 4.78 is 14.4. The summed E-state index contributed by atoms with van der Waals surface area (Å²) in [4.78, 5) is 0. The molecule has 0 aliphatic rings. The summed E-state index contributed by atoms with van der Waals surface area (Å²) in [5.74, 6) is 0. The van der Waals surface area contributed by atoms with E-state index in [9.17, 15) is 4.57 Å². The third-order valence-electron chi connectivity index (χ3n) is 1.16. The minimum Gasteiger partial charge on any atom is -0.148 e. The van der Waals surface area contributed by atoms with Crippen LogP contribution in [0, 0.1) is 0 Å². The molecule has 0 aromatic rings. The predicted octanol–water partition coefficient (Wildman–Crippen LogP) is 2.52. The quantitative estimate of drug-likeness (QED) is 0.495. The van der Waals surface area contributed by atoms with Crippen molar-refractivity contribution in [1.82, 2.24) is 0 Å². The van der Waals surface area contributed by atoms with Crippen LogP contribution in [-0.2, 0) is 25.9 Å². The van der Waals surface area contributed by atoms with E-state index in [1.165, 1.54) is 19.3 Å². The van der Waals surface area contributed by atoms with Crippen molar-refractivity contribution in [2.24, 2.45) is 0 Å². The van der Waals surface area contributed by atoms with Gasteiger partial charge in [0.1, 0.15) is 6.61 Å². The Morgan fingerprint density at radius 3 is 2.50 bits per heavy atom. The van der Waals surface area contributed by atoms with Crippen LogP contribution in [0.4, 0.5) is 0 Å². The van der Waals surface area contributed by atoms with Crippen molar-refractivity contribution in [3.05, 3.63) is 0 Å². The van der Waals surface area contributed by atoms with E-state index in [0.29, 0.717) is 6.61 Å². The fourth-order valence-electron chi connectivity index (χ4n) is 0.643. The molecule has 0 aromatic heterocycles. The Labute approximate surface area is 74.2 Å². The summed E-state index contributed by atoms with van der Waals surface area (Å²) in [6, 6.07) is 0. The molecule has 0 fully saturated rings. The fraction of sp³-hybridized carbons (Fsp3) is 1.00. The molecule has 1 unspecified atom stereocenters. The molecule has 0 rings (SSSR count). The standard InChI is InChI=1S/C6H14O2P.Co/c1-2-3-4-5-6-8-9-7;/h9H,2-6H2,1H3;/q+1;+2. The van der Waals surface area contributed by atoms with E-state index in [1.807, 2.05) is 0 Å². The Balaban J connectivity index is 0. The molecular weight excluding hydrogens is 194 g/mol. The normalized spacial score (nSPS) is 9.30. The van der Waals surface area contributed by atoms with Gasteiger partial charge in [-0.05, 0) is 11.0 Å². The van der Waals surface area contributed by atoms with Gasteiger partial charge in [-0.15, -0.1) is 4.52 Å². The number of unbranched alkanes of at least 4 members (excludes halogenated alkanes) is 3. The maximum absolute atomic E-state index is 9.77. The van der Waals surface area contributed by atoms with Crippen molar-refractivity contribution < 1.29 is 25.9 Å². The molecule has 61 valence electrons. The van der Waals surface area contributed by atoms with Gasteiger partial charge in [0, 0.05) is 0 Å². The molecule has 4 heteroatoms. The average Bonchev–Trinajstić information content (AvgIpc) is 1.89. The van der Waals surface area contributed by atoms with Crippen molar-refractivity contribution in [1.29, 1.82) is 0 Å². The molecule has 0 saturated heterocycles. The van der Waals surface area contributed by atoms with Crippen molar-refractivity contribution in [3.63, 3.8) is 0 Å². The van der Waals surface area contributed by atoms with E-state index in [-0.39, 0.29) is 16.8 Å². The summed E-state index contributed by atoms with van der Waals surface area (Å²) >= 11 is 0. The Kier molecular flexibility index (Phi) is 16.2. The molecule has 2 nitrogen and oxygen atoms in total. The zero-order valence-corrected chi connectivity index (χ0v) is 8.23. The molecule has 0 aliphatic heterocycles. The molecule has 0 aromatic carbocycles. The topological polar surface area (TPSA) is 26.3 Å². The molecule has 0 saturated carbocycles. The molecule has 0 aliphatic carbocycles. The first-order valence-electron chi connectivity index (χ1n) is 3.40. The molecule has 0 N–H and O–H groups in total. The van der Waals surface area contributed by atoms with Crippen molar-refractivity contribution >= 4 is 8.69 Å². The number of hydrogen-bond acceptors (Lipinski definition) is 2. The van der Waals surface area contributed by atoms with Crippen LogP contribution in [0.3, 0.4) is 0 Å². The molecule has 10 heavy (non-hydrogen) atoms. The largest absolute Gasteiger partial charge is 2.00 e. The van der Waals surface area contributed by atoms with Crippen LogP contribution < -0.4 is 0 Å². The van der Waals surface area contributed by atoms with Crippen LogP contribution in [0.2, 0.25) is 0 Å². The third kappa shape index (κ3) is 11.4. The second-order valence-electron chi connectivity index (χ2n) is 1.99. The van der Waals surface area contributed by atoms with Crippen LogP contribution in [0.25, 0.3) is 0 Å². The molecule has 0 bridgehead atoms. The monoisotopic (exact) mass is 208 g/mol.